The zero-order chi connectivity index (χ0) is 19.3. The minimum atomic E-state index is -0.253. The molecule has 146 valence electrons. The summed E-state index contributed by atoms with van der Waals surface area (Å²) in [6.07, 6.45) is 1.72. The number of oxazole rings is 1. The van der Waals surface area contributed by atoms with Gasteiger partial charge in [0, 0.05) is 5.56 Å². The Hall–Kier alpha value is -2.86. The zero-order valence-corrected chi connectivity index (χ0v) is 16.0. The van der Waals surface area contributed by atoms with Crippen molar-refractivity contribution in [3.63, 3.8) is 0 Å². The van der Waals surface area contributed by atoms with E-state index in [1.54, 1.807) is 18.3 Å². The molecular weight excluding hydrogens is 357 g/mol. The lowest BCUT2D eigenvalue weighted by Crippen LogP contribution is -3.13. The fourth-order valence-corrected chi connectivity index (χ4v) is 3.59. The summed E-state index contributed by atoms with van der Waals surface area (Å²) in [5.41, 5.74) is 2.01. The first kappa shape index (κ1) is 18.5. The molecule has 28 heavy (non-hydrogen) atoms. The molecule has 0 atom stereocenters. The summed E-state index contributed by atoms with van der Waals surface area (Å²) in [6, 6.07) is 14.5. The van der Waals surface area contributed by atoms with Gasteiger partial charge in [0.05, 0.1) is 44.7 Å². The van der Waals surface area contributed by atoms with Gasteiger partial charge in [0.25, 0.3) is 5.89 Å². The maximum absolute atomic E-state index is 13.1. The molecule has 3 aromatic rings. The van der Waals surface area contributed by atoms with Crippen molar-refractivity contribution < 1.29 is 18.4 Å². The molecule has 5 nitrogen and oxygen atoms in total. The molecule has 1 fully saturated rings. The van der Waals surface area contributed by atoms with E-state index in [9.17, 15) is 4.39 Å². The predicted molar refractivity (Wildman–Crippen MR) is 106 cm³/mol. The fraction of sp³-hybridized carbons (Fsp3) is 0.318. The normalized spacial score (nSPS) is 15.0. The van der Waals surface area contributed by atoms with Gasteiger partial charge in [0.1, 0.15) is 11.6 Å². The molecule has 1 saturated heterocycles. The van der Waals surface area contributed by atoms with Gasteiger partial charge in [0.15, 0.2) is 12.3 Å². The van der Waals surface area contributed by atoms with Crippen LogP contribution in [0.25, 0.3) is 11.3 Å². The Labute approximate surface area is 164 Å². The van der Waals surface area contributed by atoms with Crippen LogP contribution >= 0.6 is 0 Å². The third kappa shape index (κ3) is 4.17. The van der Waals surface area contributed by atoms with Gasteiger partial charge in [-0.15, -0.1) is 0 Å². The molecule has 0 saturated carbocycles. The van der Waals surface area contributed by atoms with Crippen molar-refractivity contribution in [3.05, 3.63) is 66.4 Å². The quantitative estimate of drug-likeness (QED) is 0.712. The molecule has 0 amide bonds. The highest BCUT2D eigenvalue weighted by atomic mass is 19.1. The molecule has 0 bridgehead atoms. The number of para-hydroxylation sites is 2. The topological polar surface area (TPSA) is 42.9 Å². The van der Waals surface area contributed by atoms with E-state index in [4.69, 9.17) is 9.15 Å². The largest absolute Gasteiger partial charge is 0.492 e. The zero-order valence-electron chi connectivity index (χ0n) is 16.0. The van der Waals surface area contributed by atoms with Crippen LogP contribution in [0.5, 0.6) is 5.75 Å². The van der Waals surface area contributed by atoms with Gasteiger partial charge in [-0.2, -0.15) is 0 Å². The van der Waals surface area contributed by atoms with E-state index in [1.807, 2.05) is 19.1 Å². The first-order chi connectivity index (χ1) is 13.7. The van der Waals surface area contributed by atoms with Crippen molar-refractivity contribution in [1.82, 2.24) is 4.98 Å². The van der Waals surface area contributed by atoms with Crippen LogP contribution in [0.2, 0.25) is 0 Å². The summed E-state index contributed by atoms with van der Waals surface area (Å²) in [7, 11) is 0. The predicted octanol–water partition coefficient (Wildman–Crippen LogP) is 2.78. The monoisotopic (exact) mass is 382 g/mol. The van der Waals surface area contributed by atoms with E-state index in [-0.39, 0.29) is 5.82 Å². The second kappa shape index (κ2) is 8.44. The third-order valence-electron chi connectivity index (χ3n) is 5.06. The molecule has 1 N–H and O–H groups in total. The maximum atomic E-state index is 13.1. The molecule has 0 aliphatic carbocycles. The van der Waals surface area contributed by atoms with Crippen LogP contribution in [0.15, 0.2) is 59.1 Å². The Bertz CT molecular complexity index is 902. The molecular formula is C22H25FN3O2+. The van der Waals surface area contributed by atoms with Crippen LogP contribution in [0.3, 0.4) is 0 Å². The number of rotatable bonds is 6. The van der Waals surface area contributed by atoms with Gasteiger partial charge < -0.3 is 19.0 Å². The number of halogens is 1. The molecule has 1 aliphatic rings. The molecule has 4 rings (SSSR count). The van der Waals surface area contributed by atoms with E-state index in [0.29, 0.717) is 12.4 Å². The van der Waals surface area contributed by atoms with Crippen molar-refractivity contribution in [1.29, 1.82) is 0 Å². The van der Waals surface area contributed by atoms with E-state index in [2.05, 4.69) is 22.0 Å². The van der Waals surface area contributed by atoms with E-state index in [0.717, 1.165) is 55.6 Å². The average molecular weight is 382 g/mol. The van der Waals surface area contributed by atoms with Crippen molar-refractivity contribution in [3.8, 4) is 17.1 Å². The Kier molecular flexibility index (Phi) is 5.58. The van der Waals surface area contributed by atoms with Crippen molar-refractivity contribution in [2.75, 3.05) is 37.7 Å². The Morgan fingerprint density at radius 2 is 1.86 bits per heavy atom. The molecule has 0 unspecified atom stereocenters. The van der Waals surface area contributed by atoms with Crippen LogP contribution in [0.4, 0.5) is 10.1 Å². The van der Waals surface area contributed by atoms with E-state index < -0.39 is 0 Å². The van der Waals surface area contributed by atoms with Gasteiger partial charge in [-0.3, -0.25) is 0 Å². The van der Waals surface area contributed by atoms with Crippen LogP contribution in [0.1, 0.15) is 12.8 Å². The van der Waals surface area contributed by atoms with E-state index >= 15 is 0 Å². The highest BCUT2D eigenvalue weighted by molar-refractivity contribution is 5.58. The standard InChI is InChI=1S/C22H24FN3O2/c1-2-27-20-6-4-3-5-19(20)26-13-11-25(12-14-26)16-22-24-15-21(28-22)17-7-9-18(23)10-8-17/h3-10,15H,2,11-14,16H2,1H3/p+1. The lowest BCUT2D eigenvalue weighted by Gasteiger charge is -2.33. The van der Waals surface area contributed by atoms with Crippen molar-refractivity contribution in [2.45, 2.75) is 13.5 Å². The van der Waals surface area contributed by atoms with Crippen LogP contribution < -0.4 is 14.5 Å². The summed E-state index contributed by atoms with van der Waals surface area (Å²) in [5, 5.41) is 0. The number of benzene rings is 2. The Balaban J connectivity index is 1.36. The lowest BCUT2D eigenvalue weighted by molar-refractivity contribution is -0.915. The minimum absolute atomic E-state index is 0.253. The van der Waals surface area contributed by atoms with Gasteiger partial charge in [-0.05, 0) is 43.3 Å². The summed E-state index contributed by atoms with van der Waals surface area (Å²) in [4.78, 5) is 8.24. The molecule has 1 aliphatic heterocycles. The number of hydrogen-bond acceptors (Lipinski definition) is 4. The number of ether oxygens (including phenoxy) is 1. The number of nitrogens with zero attached hydrogens (tertiary/aromatic N) is 2. The molecule has 1 aromatic heterocycles. The fourth-order valence-electron chi connectivity index (χ4n) is 3.59. The summed E-state index contributed by atoms with van der Waals surface area (Å²) in [6.45, 7) is 7.37. The van der Waals surface area contributed by atoms with Crippen molar-refractivity contribution >= 4 is 5.69 Å². The number of piperazine rings is 1. The second-order valence-electron chi connectivity index (χ2n) is 6.94. The molecule has 0 spiro atoms. The smallest absolute Gasteiger partial charge is 0.250 e. The van der Waals surface area contributed by atoms with Gasteiger partial charge in [0.2, 0.25) is 0 Å². The highest BCUT2D eigenvalue weighted by Crippen LogP contribution is 2.28. The van der Waals surface area contributed by atoms with Crippen LogP contribution in [0, 0.1) is 5.82 Å². The summed E-state index contributed by atoms with van der Waals surface area (Å²) in [5.74, 6) is 2.10. The summed E-state index contributed by atoms with van der Waals surface area (Å²) < 4.78 is 24.7. The molecule has 2 heterocycles. The van der Waals surface area contributed by atoms with Crippen LogP contribution in [-0.4, -0.2) is 37.8 Å². The van der Waals surface area contributed by atoms with Gasteiger partial charge >= 0.3 is 0 Å². The van der Waals surface area contributed by atoms with Gasteiger partial charge in [-0.1, -0.05) is 12.1 Å². The maximum Gasteiger partial charge on any atom is 0.250 e. The van der Waals surface area contributed by atoms with E-state index in [1.165, 1.54) is 17.0 Å². The first-order valence-electron chi connectivity index (χ1n) is 9.74. The Morgan fingerprint density at radius 3 is 2.61 bits per heavy atom. The first-order valence-corrected chi connectivity index (χ1v) is 9.74. The lowest BCUT2D eigenvalue weighted by atomic mass is 10.2. The minimum Gasteiger partial charge on any atom is -0.492 e. The second-order valence-corrected chi connectivity index (χ2v) is 6.94. The van der Waals surface area contributed by atoms with Gasteiger partial charge in [-0.25, -0.2) is 9.37 Å². The average Bonchev–Trinajstić information content (AvgIpc) is 3.18. The molecule has 6 heteroatoms. The highest BCUT2D eigenvalue weighted by Gasteiger charge is 2.23. The number of hydrogen-bond donors (Lipinski definition) is 1. The Morgan fingerprint density at radius 1 is 1.11 bits per heavy atom. The number of quaternary nitrogens is 1. The molecule has 2 aromatic carbocycles. The number of aromatic nitrogens is 1. The number of anilines is 1. The summed E-state index contributed by atoms with van der Waals surface area (Å²) >= 11 is 0. The SMILES string of the molecule is CCOc1ccccc1N1CC[NH+](Cc2ncc(-c3ccc(F)cc3)o2)CC1. The molecule has 0 radical (unpaired) electrons. The third-order valence-corrected chi connectivity index (χ3v) is 5.06. The van der Waals surface area contributed by atoms with Crippen molar-refractivity contribution in [2.24, 2.45) is 0 Å². The van der Waals surface area contributed by atoms with Crippen LogP contribution in [-0.2, 0) is 6.54 Å². The number of nitrogens with one attached hydrogen (secondary N) is 1.